The lowest BCUT2D eigenvalue weighted by molar-refractivity contribution is 0.101. The largest absolute Gasteiger partial charge is 0.492 e. The van der Waals surface area contributed by atoms with Crippen LogP contribution < -0.4 is 15.4 Å². The van der Waals surface area contributed by atoms with Crippen molar-refractivity contribution in [1.82, 2.24) is 0 Å². The Hall–Kier alpha value is -2.83. The molecule has 172 valence electrons. The molecule has 0 aliphatic rings. The molecule has 2 amide bonds. The lowest BCUT2D eigenvalue weighted by atomic mass is 10.1. The second-order valence-corrected chi connectivity index (χ2v) is 8.84. The topological polar surface area (TPSA) is 67.4 Å². The molecule has 33 heavy (non-hydrogen) atoms. The first kappa shape index (κ1) is 24.8. The molecule has 0 aliphatic carbocycles. The third kappa shape index (κ3) is 7.62. The second kappa shape index (κ2) is 12.4. The van der Waals surface area contributed by atoms with E-state index in [0.29, 0.717) is 39.9 Å². The van der Waals surface area contributed by atoms with Crippen LogP contribution in [0.5, 0.6) is 5.75 Å². The van der Waals surface area contributed by atoms with Crippen molar-refractivity contribution in [3.63, 3.8) is 0 Å². The molecular formula is C26H26BrClN2O3. The number of rotatable bonds is 10. The molecular weight excluding hydrogens is 504 g/mol. The molecule has 3 rings (SSSR count). The third-order valence-electron chi connectivity index (χ3n) is 4.91. The number of unbranched alkanes of at least 4 members (excludes halogenated alkanes) is 3. The number of halogens is 2. The Morgan fingerprint density at radius 2 is 1.52 bits per heavy atom. The van der Waals surface area contributed by atoms with Crippen LogP contribution in [-0.4, -0.2) is 18.4 Å². The number of ether oxygens (including phenoxy) is 1. The van der Waals surface area contributed by atoms with Gasteiger partial charge >= 0.3 is 0 Å². The predicted molar refractivity (Wildman–Crippen MR) is 138 cm³/mol. The Balaban J connectivity index is 1.61. The first-order chi connectivity index (χ1) is 16.0. The summed E-state index contributed by atoms with van der Waals surface area (Å²) in [6, 6.07) is 18.9. The molecule has 0 bridgehead atoms. The van der Waals surface area contributed by atoms with Crippen LogP contribution in [0.1, 0.15) is 53.3 Å². The fourth-order valence-electron chi connectivity index (χ4n) is 3.18. The minimum atomic E-state index is -0.295. The van der Waals surface area contributed by atoms with Crippen molar-refractivity contribution < 1.29 is 14.3 Å². The van der Waals surface area contributed by atoms with Crippen LogP contribution >= 0.6 is 27.5 Å². The normalized spacial score (nSPS) is 10.5. The molecule has 0 aromatic heterocycles. The number of benzene rings is 3. The van der Waals surface area contributed by atoms with Crippen molar-refractivity contribution >= 4 is 50.7 Å². The summed E-state index contributed by atoms with van der Waals surface area (Å²) in [5.41, 5.74) is 2.01. The van der Waals surface area contributed by atoms with Gasteiger partial charge in [-0.15, -0.1) is 0 Å². The first-order valence-electron chi connectivity index (χ1n) is 10.9. The highest BCUT2D eigenvalue weighted by atomic mass is 79.9. The van der Waals surface area contributed by atoms with Crippen molar-refractivity contribution in [3.05, 3.63) is 87.4 Å². The smallest absolute Gasteiger partial charge is 0.255 e. The van der Waals surface area contributed by atoms with E-state index in [0.717, 1.165) is 17.3 Å². The zero-order valence-corrected chi connectivity index (χ0v) is 20.7. The van der Waals surface area contributed by atoms with E-state index in [4.69, 9.17) is 16.3 Å². The average molecular weight is 530 g/mol. The lowest BCUT2D eigenvalue weighted by Gasteiger charge is -2.11. The number of amides is 2. The second-order valence-electron chi connectivity index (χ2n) is 7.55. The fourth-order valence-corrected chi connectivity index (χ4v) is 3.86. The van der Waals surface area contributed by atoms with E-state index >= 15 is 0 Å². The van der Waals surface area contributed by atoms with Gasteiger partial charge < -0.3 is 15.4 Å². The Kier molecular flexibility index (Phi) is 9.34. The van der Waals surface area contributed by atoms with E-state index in [9.17, 15) is 9.59 Å². The van der Waals surface area contributed by atoms with Crippen LogP contribution in [0.4, 0.5) is 11.4 Å². The maximum atomic E-state index is 12.7. The van der Waals surface area contributed by atoms with Crippen molar-refractivity contribution in [1.29, 1.82) is 0 Å². The number of carbonyl (C=O) groups is 2. The van der Waals surface area contributed by atoms with Gasteiger partial charge in [0.05, 0.1) is 11.1 Å². The summed E-state index contributed by atoms with van der Waals surface area (Å²) in [5, 5.41) is 6.17. The standard InChI is InChI=1S/C26H26BrClN2O3/c1-2-3-4-5-14-33-24-13-12-19(16-23(24)27)26(32)29-21-10-6-8-18(15-21)25(31)30-22-11-7-9-20(28)17-22/h6-13,15-17H,2-5,14H2,1H3,(H,29,32)(H,30,31). The van der Waals surface area contributed by atoms with Gasteiger partial charge in [0.25, 0.3) is 11.8 Å². The zero-order valence-electron chi connectivity index (χ0n) is 18.4. The van der Waals surface area contributed by atoms with Crippen molar-refractivity contribution in [2.45, 2.75) is 32.6 Å². The molecule has 0 saturated heterocycles. The van der Waals surface area contributed by atoms with Gasteiger partial charge in [-0.25, -0.2) is 0 Å². The average Bonchev–Trinajstić information content (AvgIpc) is 2.80. The number of carbonyl (C=O) groups excluding carboxylic acids is 2. The molecule has 0 spiro atoms. The maximum Gasteiger partial charge on any atom is 0.255 e. The van der Waals surface area contributed by atoms with Gasteiger partial charge in [-0.2, -0.15) is 0 Å². The molecule has 3 aromatic rings. The zero-order chi connectivity index (χ0) is 23.6. The molecule has 0 saturated carbocycles. The summed E-state index contributed by atoms with van der Waals surface area (Å²) >= 11 is 9.45. The van der Waals surface area contributed by atoms with E-state index in [2.05, 4.69) is 33.5 Å². The predicted octanol–water partition coefficient (Wildman–Crippen LogP) is 7.57. The molecule has 2 N–H and O–H groups in total. The molecule has 0 unspecified atom stereocenters. The van der Waals surface area contributed by atoms with Crippen LogP contribution in [0.25, 0.3) is 0 Å². The Morgan fingerprint density at radius 3 is 2.18 bits per heavy atom. The molecule has 0 fully saturated rings. The van der Waals surface area contributed by atoms with Gasteiger partial charge in [0, 0.05) is 27.5 Å². The van der Waals surface area contributed by atoms with Crippen LogP contribution in [0.15, 0.2) is 71.2 Å². The Morgan fingerprint density at radius 1 is 0.848 bits per heavy atom. The molecule has 3 aromatic carbocycles. The van der Waals surface area contributed by atoms with Gasteiger partial charge in [0.2, 0.25) is 0 Å². The van der Waals surface area contributed by atoms with Gasteiger partial charge in [0.1, 0.15) is 5.75 Å². The number of hydrogen-bond acceptors (Lipinski definition) is 3. The quantitative estimate of drug-likeness (QED) is 0.266. The molecule has 0 radical (unpaired) electrons. The van der Waals surface area contributed by atoms with Gasteiger partial charge in [0.15, 0.2) is 0 Å². The highest BCUT2D eigenvalue weighted by Crippen LogP contribution is 2.27. The van der Waals surface area contributed by atoms with Crippen LogP contribution in [0.3, 0.4) is 0 Å². The molecule has 7 heteroatoms. The van der Waals surface area contributed by atoms with Gasteiger partial charge in [-0.05, 0) is 76.9 Å². The van der Waals surface area contributed by atoms with Gasteiger partial charge in [-0.1, -0.05) is 49.9 Å². The van der Waals surface area contributed by atoms with E-state index in [1.807, 2.05) is 0 Å². The van der Waals surface area contributed by atoms with Crippen LogP contribution in [0, 0.1) is 0 Å². The summed E-state index contributed by atoms with van der Waals surface area (Å²) in [6.45, 7) is 2.82. The van der Waals surface area contributed by atoms with Crippen LogP contribution in [0.2, 0.25) is 5.02 Å². The SMILES string of the molecule is CCCCCCOc1ccc(C(=O)Nc2cccc(C(=O)Nc3cccc(Cl)c3)c2)cc1Br. The monoisotopic (exact) mass is 528 g/mol. The fraction of sp³-hybridized carbons (Fsp3) is 0.231. The van der Waals surface area contributed by atoms with Crippen molar-refractivity contribution in [2.75, 3.05) is 17.2 Å². The van der Waals surface area contributed by atoms with E-state index < -0.39 is 0 Å². The van der Waals surface area contributed by atoms with Crippen LogP contribution in [-0.2, 0) is 0 Å². The minimum Gasteiger partial charge on any atom is -0.492 e. The summed E-state index contributed by atoms with van der Waals surface area (Å²) in [4.78, 5) is 25.3. The maximum absolute atomic E-state index is 12.7. The highest BCUT2D eigenvalue weighted by molar-refractivity contribution is 9.10. The summed E-state index contributed by atoms with van der Waals surface area (Å²) < 4.78 is 6.53. The van der Waals surface area contributed by atoms with E-state index in [1.165, 1.54) is 12.8 Å². The summed E-state index contributed by atoms with van der Waals surface area (Å²) in [5.74, 6) is 0.136. The van der Waals surface area contributed by atoms with Gasteiger partial charge in [-0.3, -0.25) is 9.59 Å². The number of anilines is 2. The third-order valence-corrected chi connectivity index (χ3v) is 5.77. The summed E-state index contributed by atoms with van der Waals surface area (Å²) in [7, 11) is 0. The lowest BCUT2D eigenvalue weighted by Crippen LogP contribution is -2.14. The summed E-state index contributed by atoms with van der Waals surface area (Å²) in [6.07, 6.45) is 4.53. The number of hydrogen-bond donors (Lipinski definition) is 2. The molecule has 5 nitrogen and oxygen atoms in total. The first-order valence-corrected chi connectivity index (χ1v) is 12.0. The molecule has 0 aliphatic heterocycles. The Bertz CT molecular complexity index is 1120. The van der Waals surface area contributed by atoms with Crippen molar-refractivity contribution in [2.24, 2.45) is 0 Å². The van der Waals surface area contributed by atoms with E-state index in [1.54, 1.807) is 66.7 Å². The molecule has 0 heterocycles. The highest BCUT2D eigenvalue weighted by Gasteiger charge is 2.12. The Labute approximate surface area is 207 Å². The minimum absolute atomic E-state index is 0.280. The molecule has 0 atom stereocenters. The van der Waals surface area contributed by atoms with E-state index in [-0.39, 0.29) is 11.8 Å². The number of nitrogens with one attached hydrogen (secondary N) is 2. The van der Waals surface area contributed by atoms with Crippen molar-refractivity contribution in [3.8, 4) is 5.75 Å².